The number of nitrogens with one attached hydrogen (secondary N) is 1. The topological polar surface area (TPSA) is 110 Å². The van der Waals surface area contributed by atoms with Crippen LogP contribution < -0.4 is 16.2 Å². The summed E-state index contributed by atoms with van der Waals surface area (Å²) in [7, 11) is 0. The Morgan fingerprint density at radius 1 is 1.42 bits per heavy atom. The van der Waals surface area contributed by atoms with E-state index in [1.54, 1.807) is 6.92 Å². The van der Waals surface area contributed by atoms with Crippen molar-refractivity contribution in [2.45, 2.75) is 13.3 Å². The number of nitrogens with two attached hydrogens (primary N) is 1. The number of rotatable bonds is 3. The van der Waals surface area contributed by atoms with E-state index in [0.717, 1.165) is 31.0 Å². The van der Waals surface area contributed by atoms with Gasteiger partial charge in [-0.15, -0.1) is 0 Å². The molecule has 9 heteroatoms. The third-order valence-corrected chi connectivity index (χ3v) is 3.92. The van der Waals surface area contributed by atoms with Crippen molar-refractivity contribution < 1.29 is 4.92 Å². The minimum Gasteiger partial charge on any atom is -0.350 e. The summed E-state index contributed by atoms with van der Waals surface area (Å²) in [5.74, 6) is 7.87. The van der Waals surface area contributed by atoms with Crippen molar-refractivity contribution in [2.24, 2.45) is 5.84 Å². The SMILES string of the molecule is Cc1nc(NN)nc(N2CCCSCC2)c1[N+](=O)[O-]. The Morgan fingerprint density at radius 2 is 2.21 bits per heavy atom. The zero-order valence-corrected chi connectivity index (χ0v) is 11.4. The van der Waals surface area contributed by atoms with Gasteiger partial charge in [-0.3, -0.25) is 15.5 Å². The Kier molecular flexibility index (Phi) is 4.38. The smallest absolute Gasteiger partial charge is 0.332 e. The van der Waals surface area contributed by atoms with Gasteiger partial charge in [0.1, 0.15) is 5.69 Å². The van der Waals surface area contributed by atoms with Crippen LogP contribution in [0.15, 0.2) is 0 Å². The predicted molar refractivity (Wildman–Crippen MR) is 75.4 cm³/mol. The molecule has 8 nitrogen and oxygen atoms in total. The van der Waals surface area contributed by atoms with Gasteiger partial charge < -0.3 is 4.90 Å². The minimum absolute atomic E-state index is 0.0362. The van der Waals surface area contributed by atoms with Gasteiger partial charge in [0.05, 0.1) is 4.92 Å². The first kappa shape index (κ1) is 13.8. The summed E-state index contributed by atoms with van der Waals surface area (Å²) < 4.78 is 0. The highest BCUT2D eigenvalue weighted by Gasteiger charge is 2.26. The van der Waals surface area contributed by atoms with E-state index in [1.165, 1.54) is 0 Å². The third-order valence-electron chi connectivity index (χ3n) is 2.87. The van der Waals surface area contributed by atoms with Crippen LogP contribution in [-0.2, 0) is 0 Å². The number of nitro groups is 1. The average Bonchev–Trinajstić information content (AvgIpc) is 2.65. The van der Waals surface area contributed by atoms with Crippen molar-refractivity contribution in [3.8, 4) is 0 Å². The number of aryl methyl sites for hydroxylation is 1. The van der Waals surface area contributed by atoms with E-state index in [0.29, 0.717) is 11.5 Å². The highest BCUT2D eigenvalue weighted by atomic mass is 32.2. The molecule has 0 spiro atoms. The highest BCUT2D eigenvalue weighted by Crippen LogP contribution is 2.30. The maximum atomic E-state index is 11.2. The van der Waals surface area contributed by atoms with Crippen LogP contribution in [-0.4, -0.2) is 39.5 Å². The zero-order valence-electron chi connectivity index (χ0n) is 10.6. The first-order chi connectivity index (χ1) is 9.13. The average molecular weight is 284 g/mol. The molecule has 0 bridgehead atoms. The van der Waals surface area contributed by atoms with Crippen LogP contribution in [0.4, 0.5) is 17.5 Å². The Labute approximate surface area is 114 Å². The van der Waals surface area contributed by atoms with Crippen LogP contribution in [0.3, 0.4) is 0 Å². The Balaban J connectivity index is 2.45. The van der Waals surface area contributed by atoms with Gasteiger partial charge in [0.15, 0.2) is 0 Å². The van der Waals surface area contributed by atoms with Gasteiger partial charge in [-0.2, -0.15) is 16.7 Å². The fourth-order valence-corrected chi connectivity index (χ4v) is 2.90. The molecule has 2 heterocycles. The Hall–Kier alpha value is -1.61. The molecular weight excluding hydrogens is 268 g/mol. The number of nitrogen functional groups attached to an aromatic ring is 1. The summed E-state index contributed by atoms with van der Waals surface area (Å²) in [6, 6.07) is 0. The summed E-state index contributed by atoms with van der Waals surface area (Å²) in [5.41, 5.74) is 2.64. The van der Waals surface area contributed by atoms with E-state index in [2.05, 4.69) is 15.4 Å². The number of hydrogen-bond acceptors (Lipinski definition) is 8. The molecule has 1 aliphatic rings. The molecule has 1 aromatic heterocycles. The fraction of sp³-hybridized carbons (Fsp3) is 0.600. The van der Waals surface area contributed by atoms with Gasteiger partial charge in [0.25, 0.3) is 0 Å². The van der Waals surface area contributed by atoms with E-state index in [-0.39, 0.29) is 11.6 Å². The molecule has 1 aromatic rings. The highest BCUT2D eigenvalue weighted by molar-refractivity contribution is 7.99. The van der Waals surface area contributed by atoms with E-state index in [4.69, 9.17) is 5.84 Å². The quantitative estimate of drug-likeness (QED) is 0.479. The molecule has 0 aromatic carbocycles. The normalized spacial score (nSPS) is 16.0. The van der Waals surface area contributed by atoms with Crippen molar-refractivity contribution in [2.75, 3.05) is 34.9 Å². The first-order valence-electron chi connectivity index (χ1n) is 5.96. The van der Waals surface area contributed by atoms with Crippen molar-refractivity contribution in [3.63, 3.8) is 0 Å². The molecule has 19 heavy (non-hydrogen) atoms. The summed E-state index contributed by atoms with van der Waals surface area (Å²) in [4.78, 5) is 20.9. The first-order valence-corrected chi connectivity index (χ1v) is 7.11. The van der Waals surface area contributed by atoms with Crippen LogP contribution in [0.1, 0.15) is 12.1 Å². The summed E-state index contributed by atoms with van der Waals surface area (Å²) in [6.45, 7) is 3.09. The fourth-order valence-electron chi connectivity index (χ4n) is 2.01. The lowest BCUT2D eigenvalue weighted by Crippen LogP contribution is -2.28. The van der Waals surface area contributed by atoms with Crippen LogP contribution in [0, 0.1) is 17.0 Å². The van der Waals surface area contributed by atoms with Gasteiger partial charge in [-0.25, -0.2) is 10.8 Å². The lowest BCUT2D eigenvalue weighted by Gasteiger charge is -2.21. The Bertz CT molecular complexity index is 475. The molecule has 0 unspecified atom stereocenters. The molecule has 0 aliphatic carbocycles. The lowest BCUT2D eigenvalue weighted by molar-refractivity contribution is -0.385. The Morgan fingerprint density at radius 3 is 2.89 bits per heavy atom. The summed E-state index contributed by atoms with van der Waals surface area (Å²) in [5, 5.41) is 11.2. The predicted octanol–water partition coefficient (Wildman–Crippen LogP) is 0.922. The van der Waals surface area contributed by atoms with Crippen molar-refractivity contribution >= 4 is 29.2 Å². The van der Waals surface area contributed by atoms with E-state index in [1.807, 2.05) is 16.7 Å². The zero-order chi connectivity index (χ0) is 13.8. The molecule has 104 valence electrons. The van der Waals surface area contributed by atoms with Gasteiger partial charge in [-0.05, 0) is 19.1 Å². The van der Waals surface area contributed by atoms with E-state index < -0.39 is 4.92 Å². The molecule has 3 N–H and O–H groups in total. The number of aromatic nitrogens is 2. The van der Waals surface area contributed by atoms with E-state index in [9.17, 15) is 10.1 Å². The van der Waals surface area contributed by atoms with E-state index >= 15 is 0 Å². The van der Waals surface area contributed by atoms with Crippen molar-refractivity contribution in [1.82, 2.24) is 9.97 Å². The molecule has 0 radical (unpaired) electrons. The number of anilines is 2. The molecule has 1 fully saturated rings. The maximum Gasteiger partial charge on any atom is 0.332 e. The third kappa shape index (κ3) is 3.04. The minimum atomic E-state index is -0.428. The van der Waals surface area contributed by atoms with Gasteiger partial charge in [-0.1, -0.05) is 0 Å². The molecule has 0 amide bonds. The van der Waals surface area contributed by atoms with Gasteiger partial charge in [0.2, 0.25) is 11.8 Å². The lowest BCUT2D eigenvalue weighted by atomic mass is 10.3. The second kappa shape index (κ2) is 6.02. The molecular formula is C10H16N6O2S. The maximum absolute atomic E-state index is 11.2. The number of nitrogens with zero attached hydrogens (tertiary/aromatic N) is 4. The number of hydrazine groups is 1. The molecule has 0 saturated carbocycles. The molecule has 2 rings (SSSR count). The van der Waals surface area contributed by atoms with Crippen LogP contribution in [0.25, 0.3) is 0 Å². The largest absolute Gasteiger partial charge is 0.350 e. The second-order valence-corrected chi connectivity index (χ2v) is 5.38. The summed E-state index contributed by atoms with van der Waals surface area (Å²) >= 11 is 1.85. The van der Waals surface area contributed by atoms with Crippen LogP contribution in [0.2, 0.25) is 0 Å². The van der Waals surface area contributed by atoms with Crippen molar-refractivity contribution in [1.29, 1.82) is 0 Å². The number of hydrogen-bond donors (Lipinski definition) is 2. The molecule has 1 aliphatic heterocycles. The monoisotopic (exact) mass is 284 g/mol. The van der Waals surface area contributed by atoms with Crippen LogP contribution in [0.5, 0.6) is 0 Å². The van der Waals surface area contributed by atoms with Crippen LogP contribution >= 0.6 is 11.8 Å². The second-order valence-electron chi connectivity index (χ2n) is 4.16. The number of thioether (sulfide) groups is 1. The summed E-state index contributed by atoms with van der Waals surface area (Å²) in [6.07, 6.45) is 0.982. The van der Waals surface area contributed by atoms with Gasteiger partial charge in [0, 0.05) is 18.8 Å². The standard InChI is InChI=1S/C10H16N6O2S/c1-7-8(16(17)18)9(13-10(12-7)14-11)15-3-2-5-19-6-4-15/h2-6,11H2,1H3,(H,12,13,14). The van der Waals surface area contributed by atoms with Gasteiger partial charge >= 0.3 is 5.69 Å². The molecule has 0 atom stereocenters. The van der Waals surface area contributed by atoms with Crippen molar-refractivity contribution in [3.05, 3.63) is 15.8 Å². The molecule has 1 saturated heterocycles.